The molecule has 3 aromatic carbocycles. The van der Waals surface area contributed by atoms with Gasteiger partial charge in [0.1, 0.15) is 5.41 Å². The second-order valence-electron chi connectivity index (χ2n) is 8.70. The topological polar surface area (TPSA) is 54.0 Å². The van der Waals surface area contributed by atoms with Crippen LogP contribution in [0.1, 0.15) is 41.0 Å². The van der Waals surface area contributed by atoms with Crippen LogP contribution in [-0.2, 0) is 14.9 Å². The molecule has 1 aliphatic heterocycles. The summed E-state index contributed by atoms with van der Waals surface area (Å²) in [6.45, 7) is 2.62. The number of carbonyl (C=O) groups is 1. The van der Waals surface area contributed by atoms with Gasteiger partial charge in [-0.15, -0.1) is 0 Å². The van der Waals surface area contributed by atoms with Gasteiger partial charge in [0.2, 0.25) is 5.75 Å². The fraction of sp³-hybridized carbons (Fsp3) is 0.346. The van der Waals surface area contributed by atoms with Gasteiger partial charge in [0.15, 0.2) is 11.5 Å². The average molecular weight is 416 g/mol. The molecule has 0 bridgehead atoms. The normalized spacial score (nSPS) is 27.4. The first kappa shape index (κ1) is 18.6. The van der Waals surface area contributed by atoms with Crippen LogP contribution in [0.25, 0.3) is 10.8 Å². The smallest absolute Gasteiger partial charge is 0.318 e. The van der Waals surface area contributed by atoms with E-state index in [-0.39, 0.29) is 23.7 Å². The second kappa shape index (κ2) is 6.16. The predicted octanol–water partition coefficient (Wildman–Crippen LogP) is 4.54. The number of carbonyl (C=O) groups excluding carboxylic acids is 1. The summed E-state index contributed by atoms with van der Waals surface area (Å²) in [5.74, 6) is 1.55. The van der Waals surface area contributed by atoms with Crippen LogP contribution in [0.4, 0.5) is 0 Å². The van der Waals surface area contributed by atoms with Crippen molar-refractivity contribution >= 4 is 16.7 Å². The van der Waals surface area contributed by atoms with Crippen LogP contribution >= 0.6 is 0 Å². The molecule has 1 spiro atoms. The molecular weight excluding hydrogens is 392 g/mol. The summed E-state index contributed by atoms with van der Waals surface area (Å²) < 4.78 is 22.9. The average Bonchev–Trinajstić information content (AvgIpc) is 3.12. The predicted molar refractivity (Wildman–Crippen MR) is 116 cm³/mol. The summed E-state index contributed by atoms with van der Waals surface area (Å²) in [5.41, 5.74) is 3.58. The zero-order valence-electron chi connectivity index (χ0n) is 18.0. The maximum absolute atomic E-state index is 13.6. The number of hydrogen-bond donors (Lipinski definition) is 0. The molecule has 0 aromatic heterocycles. The fourth-order valence-corrected chi connectivity index (χ4v) is 6.52. The maximum atomic E-state index is 13.6. The Hall–Kier alpha value is -3.21. The third kappa shape index (κ3) is 1.95. The molecule has 0 N–H and O–H groups in total. The van der Waals surface area contributed by atoms with E-state index in [1.807, 2.05) is 6.07 Å². The Balaban J connectivity index is 1.77. The van der Waals surface area contributed by atoms with E-state index in [0.29, 0.717) is 23.9 Å². The zero-order chi connectivity index (χ0) is 21.5. The molecule has 0 amide bonds. The Labute approximate surface area is 180 Å². The minimum absolute atomic E-state index is 0.00232. The Kier molecular flexibility index (Phi) is 3.69. The molecule has 1 saturated heterocycles. The van der Waals surface area contributed by atoms with Crippen molar-refractivity contribution in [3.05, 3.63) is 64.7 Å². The van der Waals surface area contributed by atoms with E-state index in [0.717, 1.165) is 11.1 Å². The number of cyclic esters (lactones) is 1. The van der Waals surface area contributed by atoms with E-state index in [1.54, 1.807) is 21.3 Å². The Morgan fingerprint density at radius 1 is 0.935 bits per heavy atom. The van der Waals surface area contributed by atoms with Crippen molar-refractivity contribution in [3.8, 4) is 17.2 Å². The lowest BCUT2D eigenvalue weighted by Crippen LogP contribution is -2.53. The first-order valence-electron chi connectivity index (χ1n) is 10.6. The van der Waals surface area contributed by atoms with Crippen LogP contribution in [0, 0.1) is 5.92 Å². The largest absolute Gasteiger partial charge is 0.493 e. The Bertz CT molecular complexity index is 1260. The van der Waals surface area contributed by atoms with Gasteiger partial charge in [-0.05, 0) is 39.4 Å². The molecule has 0 saturated carbocycles. The second-order valence-corrected chi connectivity index (χ2v) is 8.70. The molecule has 0 radical (unpaired) electrons. The highest BCUT2D eigenvalue weighted by molar-refractivity contribution is 6.00. The Morgan fingerprint density at radius 3 is 2.32 bits per heavy atom. The summed E-state index contributed by atoms with van der Waals surface area (Å²) in [5, 5.41) is 2.45. The molecule has 1 heterocycles. The lowest BCUT2D eigenvalue weighted by molar-refractivity contribution is -0.144. The third-order valence-corrected chi connectivity index (χ3v) is 7.73. The molecule has 6 rings (SSSR count). The first-order valence-corrected chi connectivity index (χ1v) is 10.6. The molecule has 31 heavy (non-hydrogen) atoms. The van der Waals surface area contributed by atoms with Gasteiger partial charge in [-0.2, -0.15) is 0 Å². The maximum Gasteiger partial charge on any atom is 0.318 e. The van der Waals surface area contributed by atoms with E-state index in [4.69, 9.17) is 18.9 Å². The molecule has 5 nitrogen and oxygen atoms in total. The summed E-state index contributed by atoms with van der Waals surface area (Å²) in [7, 11) is 4.83. The minimum atomic E-state index is -0.799. The molecule has 4 atom stereocenters. The van der Waals surface area contributed by atoms with E-state index < -0.39 is 5.41 Å². The number of methoxy groups -OCH3 is 3. The van der Waals surface area contributed by atoms with Crippen LogP contribution in [0.15, 0.2) is 42.5 Å². The molecule has 0 unspecified atom stereocenters. The van der Waals surface area contributed by atoms with Gasteiger partial charge >= 0.3 is 5.97 Å². The molecule has 2 aliphatic carbocycles. The molecular formula is C26H24O5. The summed E-state index contributed by atoms with van der Waals surface area (Å²) in [4.78, 5) is 13.6. The molecule has 158 valence electrons. The number of benzene rings is 3. The molecule has 5 heteroatoms. The lowest BCUT2D eigenvalue weighted by atomic mass is 9.48. The van der Waals surface area contributed by atoms with Gasteiger partial charge in [-0.3, -0.25) is 4.79 Å². The number of rotatable bonds is 3. The third-order valence-electron chi connectivity index (χ3n) is 7.73. The molecule has 1 fully saturated rings. The lowest BCUT2D eigenvalue weighted by Gasteiger charge is -2.50. The van der Waals surface area contributed by atoms with Gasteiger partial charge in [0.05, 0.1) is 27.9 Å². The summed E-state index contributed by atoms with van der Waals surface area (Å²) in [6, 6.07) is 14.8. The van der Waals surface area contributed by atoms with Gasteiger partial charge in [-0.25, -0.2) is 0 Å². The monoisotopic (exact) mass is 416 g/mol. The standard InChI is InChI=1S/C26H24O5/c1-13-15-9-5-7-14-8-6-10-16(20(14)15)21-17-11-19(28-2)23(29-3)24(30-4)22(17)26(21)18(13)12-31-25(26)27/h5-11,13,18,21H,12H2,1-4H3/t13-,18-,21-,26-/m0/s1. The van der Waals surface area contributed by atoms with Gasteiger partial charge in [0.25, 0.3) is 0 Å². The highest BCUT2D eigenvalue weighted by atomic mass is 16.5. The van der Waals surface area contributed by atoms with Crippen molar-refractivity contribution in [2.45, 2.75) is 24.2 Å². The van der Waals surface area contributed by atoms with Gasteiger partial charge < -0.3 is 18.9 Å². The van der Waals surface area contributed by atoms with Crippen molar-refractivity contribution in [2.24, 2.45) is 5.92 Å². The van der Waals surface area contributed by atoms with Crippen molar-refractivity contribution in [3.63, 3.8) is 0 Å². The van der Waals surface area contributed by atoms with E-state index in [9.17, 15) is 4.79 Å². The van der Waals surface area contributed by atoms with Crippen LogP contribution < -0.4 is 14.2 Å². The van der Waals surface area contributed by atoms with Crippen LogP contribution in [0.3, 0.4) is 0 Å². The Morgan fingerprint density at radius 2 is 1.65 bits per heavy atom. The van der Waals surface area contributed by atoms with Crippen molar-refractivity contribution in [1.82, 2.24) is 0 Å². The van der Waals surface area contributed by atoms with E-state index in [1.165, 1.54) is 21.9 Å². The number of fused-ring (bicyclic) bond motifs is 3. The highest BCUT2D eigenvalue weighted by Crippen LogP contribution is 2.70. The van der Waals surface area contributed by atoms with Crippen molar-refractivity contribution in [1.29, 1.82) is 0 Å². The first-order chi connectivity index (χ1) is 15.1. The fourth-order valence-electron chi connectivity index (χ4n) is 6.52. The van der Waals surface area contributed by atoms with Crippen molar-refractivity contribution in [2.75, 3.05) is 27.9 Å². The van der Waals surface area contributed by atoms with Gasteiger partial charge in [0, 0.05) is 17.4 Å². The van der Waals surface area contributed by atoms with E-state index in [2.05, 4.69) is 43.3 Å². The SMILES string of the molecule is COc1cc2c(c(OC)c1OC)[C@]13C(=O)OC[C@H]1[C@@H](C)c1cccc4cccc(c14)[C@@H]23. The van der Waals surface area contributed by atoms with Crippen molar-refractivity contribution < 1.29 is 23.7 Å². The summed E-state index contributed by atoms with van der Waals surface area (Å²) in [6.07, 6.45) is 0. The summed E-state index contributed by atoms with van der Waals surface area (Å²) >= 11 is 0. The molecule has 3 aromatic rings. The quantitative estimate of drug-likeness (QED) is 0.587. The van der Waals surface area contributed by atoms with Crippen LogP contribution in [0.2, 0.25) is 0 Å². The molecule has 3 aliphatic rings. The van der Waals surface area contributed by atoms with Gasteiger partial charge in [-0.1, -0.05) is 43.3 Å². The highest BCUT2D eigenvalue weighted by Gasteiger charge is 2.70. The minimum Gasteiger partial charge on any atom is -0.493 e. The number of esters is 1. The zero-order valence-corrected chi connectivity index (χ0v) is 18.0. The van der Waals surface area contributed by atoms with Crippen LogP contribution in [-0.4, -0.2) is 33.9 Å². The number of hydrogen-bond acceptors (Lipinski definition) is 5. The van der Waals surface area contributed by atoms with Crippen LogP contribution in [0.5, 0.6) is 17.2 Å². The number of ether oxygens (including phenoxy) is 4. The van der Waals surface area contributed by atoms with E-state index >= 15 is 0 Å².